The van der Waals surface area contributed by atoms with Gasteiger partial charge in [-0.15, -0.1) is 0 Å². The number of nitrogens with two attached hydrogens (primary N) is 1. The van der Waals surface area contributed by atoms with Crippen LogP contribution in [-0.2, 0) is 9.26 Å². The van der Waals surface area contributed by atoms with E-state index in [1.165, 1.54) is 26.5 Å². The number of alkyl halides is 2. The Balaban J connectivity index is 1.47. The molecular weight excluding hydrogens is 499 g/mol. The molecule has 0 amide bonds. The highest BCUT2D eigenvalue weighted by molar-refractivity contribution is 7.42. The minimum absolute atomic E-state index is 0.0158. The molecule has 4 rings (SSSR count). The monoisotopic (exact) mass is 523 g/mol. The van der Waals surface area contributed by atoms with Crippen molar-refractivity contribution >= 4 is 14.4 Å². The standard InChI is InChI=1S/C23H24F2N3O7P/c1-30-15-3-7-17(8-4-15)34-36(35-18-9-5-16(31-2)6-10-18)32-14-19-23(24,25)13-21(33-19)28-12-11-20(26)27-22(28)29/h3-12,19,21H,13-14H2,1-2H3,(H2,26,27,29). The van der Waals surface area contributed by atoms with Crippen molar-refractivity contribution in [2.45, 2.75) is 24.7 Å². The molecule has 2 atom stereocenters. The molecule has 0 saturated carbocycles. The molecule has 2 unspecified atom stereocenters. The Bertz CT molecular complexity index is 1160. The zero-order valence-corrected chi connectivity index (χ0v) is 20.3. The third kappa shape index (κ3) is 6.20. The number of hydrogen-bond acceptors (Lipinski definition) is 9. The zero-order valence-electron chi connectivity index (χ0n) is 19.4. The van der Waals surface area contributed by atoms with Crippen molar-refractivity contribution in [3.8, 4) is 23.0 Å². The molecule has 10 nitrogen and oxygen atoms in total. The first kappa shape index (κ1) is 25.6. The average molecular weight is 523 g/mol. The van der Waals surface area contributed by atoms with Gasteiger partial charge in [-0.2, -0.15) is 4.98 Å². The molecule has 2 N–H and O–H groups in total. The lowest BCUT2D eigenvalue weighted by atomic mass is 10.2. The van der Waals surface area contributed by atoms with E-state index in [0.29, 0.717) is 23.0 Å². The maximum Gasteiger partial charge on any atom is 0.463 e. The second-order valence-electron chi connectivity index (χ2n) is 7.64. The maximum absolute atomic E-state index is 14.8. The van der Waals surface area contributed by atoms with Crippen LogP contribution in [0.1, 0.15) is 12.6 Å². The van der Waals surface area contributed by atoms with E-state index in [9.17, 15) is 13.6 Å². The fourth-order valence-electron chi connectivity index (χ4n) is 3.32. The molecule has 36 heavy (non-hydrogen) atoms. The Kier molecular flexibility index (Phi) is 7.88. The normalized spacial score (nSPS) is 18.7. The van der Waals surface area contributed by atoms with Gasteiger partial charge in [-0.25, -0.2) is 13.6 Å². The van der Waals surface area contributed by atoms with Crippen LogP contribution in [0.25, 0.3) is 0 Å². The predicted molar refractivity (Wildman–Crippen MR) is 126 cm³/mol. The number of halogens is 2. The van der Waals surface area contributed by atoms with Gasteiger partial charge in [-0.05, 0) is 54.6 Å². The predicted octanol–water partition coefficient (Wildman–Crippen LogP) is 4.17. The summed E-state index contributed by atoms with van der Waals surface area (Å²) in [6, 6.07) is 14.6. The van der Waals surface area contributed by atoms with Crippen molar-refractivity contribution in [1.82, 2.24) is 9.55 Å². The summed E-state index contributed by atoms with van der Waals surface area (Å²) in [7, 11) is 0.890. The fourth-order valence-corrected chi connectivity index (χ4v) is 4.30. The Labute approximate surface area is 206 Å². The van der Waals surface area contributed by atoms with Gasteiger partial charge in [-0.1, -0.05) is 0 Å². The molecule has 1 saturated heterocycles. The molecule has 0 aliphatic carbocycles. The van der Waals surface area contributed by atoms with Crippen LogP contribution in [-0.4, -0.2) is 42.4 Å². The fraction of sp³-hybridized carbons (Fsp3) is 0.304. The van der Waals surface area contributed by atoms with Gasteiger partial charge in [0.15, 0.2) is 0 Å². The highest BCUT2D eigenvalue weighted by atomic mass is 31.2. The summed E-state index contributed by atoms with van der Waals surface area (Å²) in [6.45, 7) is -0.557. The Morgan fingerprint density at radius 2 is 1.53 bits per heavy atom. The minimum atomic E-state index is -3.28. The van der Waals surface area contributed by atoms with E-state index in [2.05, 4.69) is 4.98 Å². The largest absolute Gasteiger partial charge is 0.497 e. The van der Waals surface area contributed by atoms with Gasteiger partial charge in [0.1, 0.15) is 41.1 Å². The van der Waals surface area contributed by atoms with Crippen LogP contribution < -0.4 is 29.9 Å². The minimum Gasteiger partial charge on any atom is -0.497 e. The van der Waals surface area contributed by atoms with Gasteiger partial charge in [0.2, 0.25) is 0 Å². The summed E-state index contributed by atoms with van der Waals surface area (Å²) in [5, 5.41) is 0. The summed E-state index contributed by atoms with van der Waals surface area (Å²) in [5.41, 5.74) is 4.69. The van der Waals surface area contributed by atoms with Crippen LogP contribution >= 0.6 is 8.60 Å². The van der Waals surface area contributed by atoms with Gasteiger partial charge in [-0.3, -0.25) is 9.09 Å². The van der Waals surface area contributed by atoms with E-state index < -0.39 is 45.6 Å². The van der Waals surface area contributed by atoms with E-state index in [-0.39, 0.29) is 5.82 Å². The lowest BCUT2D eigenvalue weighted by Crippen LogP contribution is -2.32. The van der Waals surface area contributed by atoms with Crippen molar-refractivity contribution in [2.75, 3.05) is 26.6 Å². The Morgan fingerprint density at radius 1 is 1.00 bits per heavy atom. The van der Waals surface area contributed by atoms with Crippen molar-refractivity contribution in [1.29, 1.82) is 0 Å². The maximum atomic E-state index is 14.8. The van der Waals surface area contributed by atoms with Crippen molar-refractivity contribution in [3.63, 3.8) is 0 Å². The zero-order chi connectivity index (χ0) is 25.7. The molecule has 2 aromatic carbocycles. The first-order valence-electron chi connectivity index (χ1n) is 10.7. The average Bonchev–Trinajstić information content (AvgIpc) is 3.17. The van der Waals surface area contributed by atoms with Crippen molar-refractivity contribution in [3.05, 3.63) is 71.3 Å². The first-order valence-corrected chi connectivity index (χ1v) is 11.8. The Morgan fingerprint density at radius 3 is 2.03 bits per heavy atom. The SMILES string of the molecule is COc1ccc(OP(OCC2OC(n3ccc(N)nc3=O)CC2(F)F)Oc2ccc(OC)cc2)cc1. The lowest BCUT2D eigenvalue weighted by Gasteiger charge is -2.22. The van der Waals surface area contributed by atoms with E-state index in [0.717, 1.165) is 4.57 Å². The van der Waals surface area contributed by atoms with E-state index in [1.54, 1.807) is 48.5 Å². The molecule has 1 aliphatic heterocycles. The summed E-state index contributed by atoms with van der Waals surface area (Å²) < 4.78 is 63.5. The number of benzene rings is 2. The van der Waals surface area contributed by atoms with Crippen LogP contribution in [0.2, 0.25) is 0 Å². The second-order valence-corrected chi connectivity index (χ2v) is 8.71. The van der Waals surface area contributed by atoms with Crippen LogP contribution in [0.4, 0.5) is 14.6 Å². The van der Waals surface area contributed by atoms with Gasteiger partial charge in [0, 0.05) is 6.20 Å². The molecule has 1 aromatic heterocycles. The number of aromatic nitrogens is 2. The van der Waals surface area contributed by atoms with E-state index in [4.69, 9.17) is 33.5 Å². The van der Waals surface area contributed by atoms with Crippen molar-refractivity contribution in [2.24, 2.45) is 0 Å². The molecular formula is C23H24F2N3O7P. The third-order valence-corrected chi connectivity index (χ3v) is 6.29. The number of anilines is 1. The molecule has 13 heteroatoms. The topological polar surface area (TPSA) is 116 Å². The molecule has 0 radical (unpaired) electrons. The summed E-state index contributed by atoms with van der Waals surface area (Å²) in [4.78, 5) is 15.6. The van der Waals surface area contributed by atoms with E-state index >= 15 is 0 Å². The number of ether oxygens (including phenoxy) is 3. The van der Waals surface area contributed by atoms with Crippen LogP contribution in [0.3, 0.4) is 0 Å². The summed E-state index contributed by atoms with van der Waals surface area (Å²) in [6.07, 6.45) is -2.36. The number of methoxy groups -OCH3 is 2. The Hall–Kier alpha value is -3.47. The summed E-state index contributed by atoms with van der Waals surface area (Å²) >= 11 is 0. The number of nitrogen functional groups attached to an aromatic ring is 1. The van der Waals surface area contributed by atoms with Gasteiger partial charge < -0.3 is 29.0 Å². The molecule has 0 bridgehead atoms. The number of nitrogens with zero attached hydrogens (tertiary/aromatic N) is 2. The summed E-state index contributed by atoms with van der Waals surface area (Å²) in [5.74, 6) is -1.31. The molecule has 1 aliphatic rings. The van der Waals surface area contributed by atoms with Gasteiger partial charge in [0.25, 0.3) is 5.92 Å². The molecule has 3 aromatic rings. The molecule has 1 fully saturated rings. The first-order chi connectivity index (χ1) is 17.3. The molecule has 0 spiro atoms. The quantitative estimate of drug-likeness (QED) is 0.391. The molecule has 192 valence electrons. The third-order valence-electron chi connectivity index (χ3n) is 5.21. The van der Waals surface area contributed by atoms with Gasteiger partial charge in [0.05, 0.1) is 27.2 Å². The second kappa shape index (κ2) is 11.1. The highest BCUT2D eigenvalue weighted by Gasteiger charge is 2.51. The van der Waals surface area contributed by atoms with Crippen LogP contribution in [0, 0.1) is 0 Å². The van der Waals surface area contributed by atoms with Crippen LogP contribution in [0.15, 0.2) is 65.6 Å². The van der Waals surface area contributed by atoms with Crippen molar-refractivity contribution < 1.29 is 36.6 Å². The number of rotatable bonds is 10. The highest BCUT2D eigenvalue weighted by Crippen LogP contribution is 2.46. The smallest absolute Gasteiger partial charge is 0.463 e. The number of hydrogen-bond donors (Lipinski definition) is 1. The van der Waals surface area contributed by atoms with Gasteiger partial charge >= 0.3 is 14.3 Å². The molecule has 2 heterocycles. The van der Waals surface area contributed by atoms with Crippen LogP contribution in [0.5, 0.6) is 23.0 Å². The van der Waals surface area contributed by atoms with E-state index in [1.807, 2.05) is 0 Å². The lowest BCUT2D eigenvalue weighted by molar-refractivity contribution is -0.0984.